The molecule has 16 heteroatoms. The van der Waals surface area contributed by atoms with Crippen LogP contribution in [0.2, 0.25) is 25.7 Å². The van der Waals surface area contributed by atoms with Gasteiger partial charge in [-0.25, -0.2) is 4.79 Å². The third-order valence-corrected chi connectivity index (χ3v) is 8.91. The molecule has 0 saturated heterocycles. The van der Waals surface area contributed by atoms with Crippen molar-refractivity contribution >= 4 is 42.1 Å². The lowest BCUT2D eigenvalue weighted by Gasteiger charge is -2.42. The highest BCUT2D eigenvalue weighted by molar-refractivity contribution is 7.86. The summed E-state index contributed by atoms with van der Waals surface area (Å²) in [6.07, 6.45) is 5.23. The van der Waals surface area contributed by atoms with Gasteiger partial charge in [0.2, 0.25) is 0 Å². The second-order valence-electron chi connectivity index (χ2n) is 13.7. The molecule has 274 valence electrons. The maximum atomic E-state index is 14.8. The number of methoxy groups -OCH3 is 2. The Labute approximate surface area is 290 Å². The number of esters is 2. The standard InChI is InChI=1S/C33H50N2O12SSi/c1-21-28(42-7)17-25(30(29(21)43-8)47-48(9,40)41)27(20-45-23(3)37)35-24(19-44-22(2)36)18-34(32(39)46-33(4,5)6)26(31(35)38)15-13-14-16-49(10,11)12/h13-14,17-18,26-27H,15-16,19-20H2,1-12H3/b14-13+/t26-,27-/m0/s1. The van der Waals surface area contributed by atoms with E-state index in [0.29, 0.717) is 5.56 Å². The summed E-state index contributed by atoms with van der Waals surface area (Å²) in [6, 6.07) is -0.191. The predicted octanol–water partition coefficient (Wildman–Crippen LogP) is 5.09. The molecule has 0 unspecified atom stereocenters. The highest BCUT2D eigenvalue weighted by Crippen LogP contribution is 2.46. The molecule has 14 nitrogen and oxygen atoms in total. The Morgan fingerprint density at radius 1 is 1.00 bits per heavy atom. The fourth-order valence-electron chi connectivity index (χ4n) is 4.91. The monoisotopic (exact) mass is 726 g/mol. The van der Waals surface area contributed by atoms with Gasteiger partial charge in [-0.05, 0) is 46.2 Å². The van der Waals surface area contributed by atoms with Gasteiger partial charge in [0.1, 0.15) is 30.6 Å². The molecule has 0 saturated carbocycles. The van der Waals surface area contributed by atoms with Gasteiger partial charge in [-0.15, -0.1) is 0 Å². The van der Waals surface area contributed by atoms with Crippen molar-refractivity contribution in [3.05, 3.63) is 41.2 Å². The van der Waals surface area contributed by atoms with Gasteiger partial charge in [0.25, 0.3) is 5.91 Å². The second kappa shape index (κ2) is 16.6. The summed E-state index contributed by atoms with van der Waals surface area (Å²) in [5.74, 6) is -2.07. The quantitative estimate of drug-likeness (QED) is 0.0821. The number of rotatable bonds is 14. The van der Waals surface area contributed by atoms with Crippen LogP contribution in [0.3, 0.4) is 0 Å². The zero-order valence-corrected chi connectivity index (χ0v) is 32.3. The van der Waals surface area contributed by atoms with Crippen molar-refractivity contribution in [2.75, 3.05) is 33.7 Å². The molecule has 0 aromatic heterocycles. The molecule has 2 amide bonds. The van der Waals surface area contributed by atoms with E-state index in [1.165, 1.54) is 45.2 Å². The van der Waals surface area contributed by atoms with Crippen molar-refractivity contribution in [2.45, 2.75) is 91.3 Å². The molecule has 1 aromatic rings. The zero-order valence-electron chi connectivity index (χ0n) is 30.5. The summed E-state index contributed by atoms with van der Waals surface area (Å²) in [5.41, 5.74) is -0.480. The van der Waals surface area contributed by atoms with Gasteiger partial charge in [-0.3, -0.25) is 24.2 Å². The number of benzene rings is 1. The first-order chi connectivity index (χ1) is 22.5. The Morgan fingerprint density at radius 2 is 1.61 bits per heavy atom. The Balaban J connectivity index is 3.00. The van der Waals surface area contributed by atoms with Gasteiger partial charge in [-0.2, -0.15) is 8.42 Å². The zero-order chi connectivity index (χ0) is 37.5. The third kappa shape index (κ3) is 12.1. The molecule has 0 spiro atoms. The Kier molecular flexibility index (Phi) is 13.9. The van der Waals surface area contributed by atoms with Gasteiger partial charge in [0, 0.05) is 39.2 Å². The maximum Gasteiger partial charge on any atom is 0.415 e. The molecule has 0 radical (unpaired) electrons. The first-order valence-electron chi connectivity index (χ1n) is 15.6. The molecule has 0 fully saturated rings. The lowest BCUT2D eigenvalue weighted by Crippen LogP contribution is -2.55. The molecule has 0 N–H and O–H groups in total. The fraction of sp³-hybridized carbons (Fsp3) is 0.576. The Morgan fingerprint density at radius 3 is 2.10 bits per heavy atom. The number of carbonyl (C=O) groups is 4. The third-order valence-electron chi connectivity index (χ3n) is 6.98. The second-order valence-corrected chi connectivity index (χ2v) is 20.8. The number of hydrogen-bond donors (Lipinski definition) is 0. The molecular formula is C33H50N2O12SSi. The normalized spacial score (nSPS) is 16.2. The van der Waals surface area contributed by atoms with Crippen LogP contribution in [0.15, 0.2) is 30.1 Å². The molecule has 1 aromatic carbocycles. The van der Waals surface area contributed by atoms with E-state index in [9.17, 15) is 27.6 Å². The number of nitrogens with zero attached hydrogens (tertiary/aromatic N) is 2. The van der Waals surface area contributed by atoms with Crippen molar-refractivity contribution in [2.24, 2.45) is 0 Å². The van der Waals surface area contributed by atoms with Crippen LogP contribution in [0.4, 0.5) is 4.79 Å². The summed E-state index contributed by atoms with van der Waals surface area (Å²) in [4.78, 5) is 54.9. The van der Waals surface area contributed by atoms with Crippen molar-refractivity contribution in [3.8, 4) is 17.2 Å². The average Bonchev–Trinajstić information content (AvgIpc) is 2.94. The minimum absolute atomic E-state index is 0.00866. The van der Waals surface area contributed by atoms with Gasteiger partial charge < -0.3 is 27.9 Å². The average molecular weight is 727 g/mol. The summed E-state index contributed by atoms with van der Waals surface area (Å²) in [7, 11) is -2.97. The highest BCUT2D eigenvalue weighted by atomic mass is 32.2. The largest absolute Gasteiger partial charge is 0.496 e. The van der Waals surface area contributed by atoms with Crippen LogP contribution in [-0.4, -0.2) is 95.6 Å². The van der Waals surface area contributed by atoms with Crippen LogP contribution in [-0.2, 0) is 38.7 Å². The molecule has 0 aliphatic carbocycles. The predicted molar refractivity (Wildman–Crippen MR) is 184 cm³/mol. The smallest absolute Gasteiger partial charge is 0.415 e. The fourth-order valence-corrected chi connectivity index (χ4v) is 6.26. The summed E-state index contributed by atoms with van der Waals surface area (Å²) < 4.78 is 58.1. The van der Waals surface area contributed by atoms with E-state index in [1.807, 2.05) is 12.2 Å². The highest BCUT2D eigenvalue weighted by Gasteiger charge is 2.44. The van der Waals surface area contributed by atoms with Gasteiger partial charge in [0.05, 0.1) is 32.2 Å². The molecule has 0 bridgehead atoms. The maximum absolute atomic E-state index is 14.8. The van der Waals surface area contributed by atoms with E-state index in [1.54, 1.807) is 27.7 Å². The van der Waals surface area contributed by atoms with Gasteiger partial charge in [-0.1, -0.05) is 31.8 Å². The minimum atomic E-state index is -4.18. The van der Waals surface area contributed by atoms with Crippen LogP contribution >= 0.6 is 0 Å². The van der Waals surface area contributed by atoms with Crippen molar-refractivity contribution in [1.29, 1.82) is 0 Å². The molecule has 1 aliphatic rings. The SMILES string of the molecule is COc1cc([C@H](COC(C)=O)N2C(=O)[C@H](C/C=C/C[Si](C)(C)C)N(C(=O)OC(C)(C)C)C=C2COC(C)=O)c(OS(C)(=O)=O)c(OC)c1C. The molecule has 49 heavy (non-hydrogen) atoms. The van der Waals surface area contributed by atoms with E-state index in [4.69, 9.17) is 27.9 Å². The Bertz CT molecular complexity index is 1570. The van der Waals surface area contributed by atoms with Crippen molar-refractivity contribution in [3.63, 3.8) is 0 Å². The number of carbonyl (C=O) groups excluding carboxylic acids is 4. The lowest BCUT2D eigenvalue weighted by molar-refractivity contribution is -0.149. The van der Waals surface area contributed by atoms with Gasteiger partial charge in [0.15, 0.2) is 11.5 Å². The van der Waals surface area contributed by atoms with Crippen LogP contribution in [0.25, 0.3) is 0 Å². The lowest BCUT2D eigenvalue weighted by atomic mass is 9.97. The molecule has 1 heterocycles. The number of allylic oxidation sites excluding steroid dienone is 1. The summed E-state index contributed by atoms with van der Waals surface area (Å²) in [5, 5.41) is 0. The molecule has 2 atom stereocenters. The van der Waals surface area contributed by atoms with Crippen LogP contribution in [0.1, 0.15) is 58.2 Å². The van der Waals surface area contributed by atoms with Crippen molar-refractivity contribution < 1.29 is 55.5 Å². The van der Waals surface area contributed by atoms with Gasteiger partial charge >= 0.3 is 28.1 Å². The van der Waals surface area contributed by atoms with E-state index < -0.39 is 73.0 Å². The molecular weight excluding hydrogens is 677 g/mol. The van der Waals surface area contributed by atoms with Crippen LogP contribution in [0, 0.1) is 6.92 Å². The minimum Gasteiger partial charge on any atom is -0.496 e. The van der Waals surface area contributed by atoms with Crippen LogP contribution < -0.4 is 13.7 Å². The molecule has 1 aliphatic heterocycles. The van der Waals surface area contributed by atoms with E-state index in [0.717, 1.165) is 17.2 Å². The first kappa shape index (κ1) is 41.1. The Hall–Kier alpha value is -4.05. The number of ether oxygens (including phenoxy) is 5. The number of amides is 2. The summed E-state index contributed by atoms with van der Waals surface area (Å²) in [6.45, 7) is 14.6. The van der Waals surface area contributed by atoms with Crippen LogP contribution in [0.5, 0.6) is 17.2 Å². The van der Waals surface area contributed by atoms with E-state index in [-0.39, 0.29) is 34.9 Å². The topological polar surface area (TPSA) is 164 Å². The first-order valence-corrected chi connectivity index (χ1v) is 21.1. The molecule has 2 rings (SSSR count). The van der Waals surface area contributed by atoms with Crippen molar-refractivity contribution in [1.82, 2.24) is 9.80 Å². The summed E-state index contributed by atoms with van der Waals surface area (Å²) >= 11 is 0. The number of hydrogen-bond acceptors (Lipinski definition) is 12. The van der Waals surface area contributed by atoms with E-state index in [2.05, 4.69) is 19.6 Å². The van der Waals surface area contributed by atoms with E-state index >= 15 is 0 Å².